The van der Waals surface area contributed by atoms with Gasteiger partial charge in [-0.2, -0.15) is 0 Å². The second-order valence-corrected chi connectivity index (χ2v) is 6.72. The van der Waals surface area contributed by atoms with Crippen molar-refractivity contribution < 1.29 is 14.6 Å². The maximum Gasteiger partial charge on any atom is 0.254 e. The molecule has 2 aromatic heterocycles. The van der Waals surface area contributed by atoms with Crippen LogP contribution in [0.4, 0.5) is 0 Å². The number of fused-ring (bicyclic) bond motifs is 1. The number of methoxy groups -OCH3 is 1. The third-order valence-corrected chi connectivity index (χ3v) is 4.98. The lowest BCUT2D eigenvalue weighted by Gasteiger charge is -2.38. The zero-order chi connectivity index (χ0) is 18.8. The van der Waals surface area contributed by atoms with Gasteiger partial charge in [-0.05, 0) is 42.5 Å². The topological polar surface area (TPSA) is 97.2 Å². The lowest BCUT2D eigenvalue weighted by molar-refractivity contribution is 0.0234. The Balaban J connectivity index is 1.65. The molecule has 0 aliphatic heterocycles. The first-order chi connectivity index (χ1) is 13.2. The maximum atomic E-state index is 13.0. The summed E-state index contributed by atoms with van der Waals surface area (Å²) in [6, 6.07) is 6.95. The van der Waals surface area contributed by atoms with Crippen LogP contribution in [0, 0.1) is 5.92 Å². The molecular weight excluding hydrogens is 344 g/mol. The molecule has 1 unspecified atom stereocenters. The molecule has 1 atom stereocenters. The molecule has 3 aromatic rings. The van der Waals surface area contributed by atoms with Crippen molar-refractivity contribution in [3.8, 4) is 5.75 Å². The zero-order valence-corrected chi connectivity index (χ0v) is 14.9. The van der Waals surface area contributed by atoms with Crippen molar-refractivity contribution in [2.45, 2.75) is 25.0 Å². The minimum Gasteiger partial charge on any atom is -0.495 e. The highest BCUT2D eigenvalue weighted by atomic mass is 16.5. The number of carbonyl (C=O) groups excluding carboxylic acids is 1. The Bertz CT molecular complexity index is 967. The summed E-state index contributed by atoms with van der Waals surface area (Å²) in [4.78, 5) is 25.8. The number of benzene rings is 1. The number of para-hydroxylation sites is 1. The summed E-state index contributed by atoms with van der Waals surface area (Å²) in [6.45, 7) is 0. The minimum atomic E-state index is -0.323. The van der Waals surface area contributed by atoms with Gasteiger partial charge < -0.3 is 15.2 Å². The molecule has 0 spiro atoms. The minimum absolute atomic E-state index is 0.138. The number of aromatic nitrogens is 3. The summed E-state index contributed by atoms with van der Waals surface area (Å²) >= 11 is 0. The first kappa shape index (κ1) is 17.4. The Morgan fingerprint density at radius 2 is 2.07 bits per heavy atom. The van der Waals surface area contributed by atoms with E-state index in [9.17, 15) is 9.90 Å². The number of nitrogens with one attached hydrogen (secondary N) is 1. The van der Waals surface area contributed by atoms with Crippen LogP contribution in [0.5, 0.6) is 5.75 Å². The molecule has 1 saturated carbocycles. The molecule has 7 nitrogen and oxygen atoms in total. The second kappa shape index (κ2) is 7.28. The Morgan fingerprint density at radius 3 is 2.85 bits per heavy atom. The van der Waals surface area contributed by atoms with Crippen molar-refractivity contribution in [1.82, 2.24) is 20.3 Å². The number of carbonyl (C=O) groups is 1. The average molecular weight is 364 g/mol. The van der Waals surface area contributed by atoms with Crippen LogP contribution in [0.2, 0.25) is 0 Å². The predicted molar refractivity (Wildman–Crippen MR) is 99.3 cm³/mol. The van der Waals surface area contributed by atoms with Gasteiger partial charge in [0.15, 0.2) is 0 Å². The summed E-state index contributed by atoms with van der Waals surface area (Å²) in [5, 5.41) is 12.8. The van der Waals surface area contributed by atoms with E-state index >= 15 is 0 Å². The standard InChI is InChI=1S/C20H20N4O3/c1-27-15-9-13(10-21-11-15)18(12-7-14(25)8-12)24-20(26)16-3-2-4-17-19(16)23-6-5-22-17/h2-6,9-12,14,18,25H,7-8H2,1H3,(H,24,26). The van der Waals surface area contributed by atoms with Crippen LogP contribution in [-0.4, -0.2) is 39.2 Å². The van der Waals surface area contributed by atoms with Crippen LogP contribution in [0.1, 0.15) is 34.8 Å². The molecule has 7 heteroatoms. The van der Waals surface area contributed by atoms with Crippen LogP contribution >= 0.6 is 0 Å². The fraction of sp³-hybridized carbons (Fsp3) is 0.300. The second-order valence-electron chi connectivity index (χ2n) is 6.72. The van der Waals surface area contributed by atoms with Crippen molar-refractivity contribution in [1.29, 1.82) is 0 Å². The Labute approximate surface area is 156 Å². The van der Waals surface area contributed by atoms with Gasteiger partial charge in [0.2, 0.25) is 0 Å². The number of aliphatic hydroxyl groups excluding tert-OH is 1. The molecule has 0 saturated heterocycles. The molecule has 2 heterocycles. The van der Waals surface area contributed by atoms with E-state index in [1.54, 1.807) is 44.0 Å². The molecule has 1 fully saturated rings. The Hall–Kier alpha value is -3.06. The van der Waals surface area contributed by atoms with Crippen molar-refractivity contribution in [3.63, 3.8) is 0 Å². The lowest BCUT2D eigenvalue weighted by atomic mass is 9.75. The van der Waals surface area contributed by atoms with Gasteiger partial charge in [0.1, 0.15) is 11.3 Å². The Kier molecular flexibility index (Phi) is 4.68. The van der Waals surface area contributed by atoms with Gasteiger partial charge in [-0.25, -0.2) is 0 Å². The molecule has 0 radical (unpaired) electrons. The third kappa shape index (κ3) is 3.46. The van der Waals surface area contributed by atoms with E-state index in [2.05, 4.69) is 20.3 Å². The molecule has 1 aliphatic carbocycles. The number of amides is 1. The van der Waals surface area contributed by atoms with E-state index in [-0.39, 0.29) is 24.0 Å². The van der Waals surface area contributed by atoms with Crippen LogP contribution in [-0.2, 0) is 0 Å². The fourth-order valence-corrected chi connectivity index (χ4v) is 3.49. The number of hydrogen-bond acceptors (Lipinski definition) is 6. The normalized spacial score (nSPS) is 19.9. The monoisotopic (exact) mass is 364 g/mol. The van der Waals surface area contributed by atoms with E-state index in [1.165, 1.54) is 0 Å². The van der Waals surface area contributed by atoms with E-state index in [1.807, 2.05) is 12.1 Å². The van der Waals surface area contributed by atoms with Crippen LogP contribution in [0.25, 0.3) is 11.0 Å². The molecule has 0 bridgehead atoms. The van der Waals surface area contributed by atoms with E-state index in [0.29, 0.717) is 35.2 Å². The van der Waals surface area contributed by atoms with Gasteiger partial charge >= 0.3 is 0 Å². The van der Waals surface area contributed by atoms with E-state index in [4.69, 9.17) is 4.74 Å². The largest absolute Gasteiger partial charge is 0.495 e. The average Bonchev–Trinajstić information content (AvgIpc) is 2.69. The predicted octanol–water partition coefficient (Wildman–Crippen LogP) is 2.28. The summed E-state index contributed by atoms with van der Waals surface area (Å²) in [5.41, 5.74) is 2.56. The summed E-state index contributed by atoms with van der Waals surface area (Å²) in [7, 11) is 1.58. The van der Waals surface area contributed by atoms with Gasteiger partial charge in [0.25, 0.3) is 5.91 Å². The highest BCUT2D eigenvalue weighted by Crippen LogP contribution is 2.38. The van der Waals surface area contributed by atoms with Gasteiger partial charge in [-0.15, -0.1) is 0 Å². The summed E-state index contributed by atoms with van der Waals surface area (Å²) < 4.78 is 5.26. The number of aliphatic hydroxyl groups is 1. The molecular formula is C20H20N4O3. The molecule has 27 heavy (non-hydrogen) atoms. The molecule has 4 rings (SSSR count). The number of pyridine rings is 1. The van der Waals surface area contributed by atoms with Crippen LogP contribution < -0.4 is 10.1 Å². The first-order valence-electron chi connectivity index (χ1n) is 8.83. The number of nitrogens with zero attached hydrogens (tertiary/aromatic N) is 3. The molecule has 2 N–H and O–H groups in total. The van der Waals surface area contributed by atoms with Crippen molar-refractivity contribution in [3.05, 3.63) is 60.2 Å². The van der Waals surface area contributed by atoms with E-state index < -0.39 is 0 Å². The lowest BCUT2D eigenvalue weighted by Crippen LogP contribution is -2.41. The van der Waals surface area contributed by atoms with Gasteiger partial charge in [0, 0.05) is 18.6 Å². The van der Waals surface area contributed by atoms with Crippen LogP contribution in [0.3, 0.4) is 0 Å². The first-order valence-corrected chi connectivity index (χ1v) is 8.83. The summed E-state index contributed by atoms with van der Waals surface area (Å²) in [6.07, 6.45) is 7.47. The Morgan fingerprint density at radius 1 is 1.26 bits per heavy atom. The zero-order valence-electron chi connectivity index (χ0n) is 14.9. The van der Waals surface area contributed by atoms with Crippen LogP contribution in [0.15, 0.2) is 49.1 Å². The highest BCUT2D eigenvalue weighted by Gasteiger charge is 2.36. The molecule has 138 valence electrons. The van der Waals surface area contributed by atoms with Gasteiger partial charge in [-0.1, -0.05) is 6.07 Å². The SMILES string of the molecule is COc1cncc(C(NC(=O)c2cccc3nccnc23)C2CC(O)C2)c1. The molecule has 1 amide bonds. The quantitative estimate of drug-likeness (QED) is 0.721. The van der Waals surface area contributed by atoms with Crippen molar-refractivity contribution >= 4 is 16.9 Å². The van der Waals surface area contributed by atoms with Crippen molar-refractivity contribution in [2.24, 2.45) is 5.92 Å². The third-order valence-electron chi connectivity index (χ3n) is 4.98. The molecule has 1 aliphatic rings. The van der Waals surface area contributed by atoms with Gasteiger partial charge in [0.05, 0.1) is 36.5 Å². The van der Waals surface area contributed by atoms with Gasteiger partial charge in [-0.3, -0.25) is 19.7 Å². The van der Waals surface area contributed by atoms with E-state index in [0.717, 1.165) is 5.56 Å². The summed E-state index contributed by atoms with van der Waals surface area (Å²) in [5.74, 6) is 0.539. The number of ether oxygens (including phenoxy) is 1. The molecule has 1 aromatic carbocycles. The highest BCUT2D eigenvalue weighted by molar-refractivity contribution is 6.04. The van der Waals surface area contributed by atoms with Crippen molar-refractivity contribution in [2.75, 3.05) is 7.11 Å². The maximum absolute atomic E-state index is 13.0. The fourth-order valence-electron chi connectivity index (χ4n) is 3.49. The number of rotatable bonds is 5. The number of hydrogen-bond donors (Lipinski definition) is 2. The smallest absolute Gasteiger partial charge is 0.254 e.